The first kappa shape index (κ1) is 96.9. The molecular formula is C83H138O17P2. The highest BCUT2D eigenvalue weighted by atomic mass is 31.2. The van der Waals surface area contributed by atoms with E-state index in [9.17, 15) is 43.2 Å². The van der Waals surface area contributed by atoms with E-state index in [1.807, 2.05) is 18.2 Å². The molecule has 0 radical (unpaired) electrons. The highest BCUT2D eigenvalue weighted by Crippen LogP contribution is 2.45. The van der Waals surface area contributed by atoms with Crippen LogP contribution in [0.1, 0.15) is 297 Å². The third kappa shape index (κ3) is 73.3. The molecule has 0 spiro atoms. The second kappa shape index (κ2) is 74.2. The van der Waals surface area contributed by atoms with Gasteiger partial charge in [-0.15, -0.1) is 0 Å². The number of hydrogen-bond acceptors (Lipinski definition) is 15. The Hall–Kier alpha value is -5.06. The molecule has 0 aliphatic carbocycles. The minimum atomic E-state index is -5.00. The Bertz CT molecular complexity index is 2510. The normalized spacial score (nSPS) is 14.7. The van der Waals surface area contributed by atoms with E-state index >= 15 is 0 Å². The molecule has 0 amide bonds. The van der Waals surface area contributed by atoms with Crippen molar-refractivity contribution in [3.8, 4) is 0 Å². The first-order valence-electron chi connectivity index (χ1n) is 39.1. The van der Waals surface area contributed by atoms with Crippen LogP contribution in [0.15, 0.2) is 146 Å². The third-order valence-electron chi connectivity index (χ3n) is 15.8. The molecule has 0 rings (SSSR count). The molecule has 5 unspecified atom stereocenters. The summed E-state index contributed by atoms with van der Waals surface area (Å²) in [5, 5.41) is 10.6. The zero-order valence-electron chi connectivity index (χ0n) is 63.5. The molecule has 0 heterocycles. The van der Waals surface area contributed by atoms with Crippen LogP contribution in [0.5, 0.6) is 0 Å². The summed E-state index contributed by atoms with van der Waals surface area (Å²) in [5.74, 6) is -2.38. The van der Waals surface area contributed by atoms with Crippen LogP contribution in [0.25, 0.3) is 0 Å². The van der Waals surface area contributed by atoms with E-state index in [2.05, 4.69) is 149 Å². The van der Waals surface area contributed by atoms with Crippen molar-refractivity contribution in [2.24, 2.45) is 0 Å². The lowest BCUT2D eigenvalue weighted by atomic mass is 10.0. The van der Waals surface area contributed by atoms with Gasteiger partial charge in [0.15, 0.2) is 12.2 Å². The molecule has 0 saturated carbocycles. The second-order valence-corrected chi connectivity index (χ2v) is 28.4. The number of carbonyl (C=O) groups excluding carboxylic acids is 4. The molecule has 19 heteroatoms. The average molecular weight is 1470 g/mol. The van der Waals surface area contributed by atoms with Gasteiger partial charge < -0.3 is 33.8 Å². The monoisotopic (exact) mass is 1470 g/mol. The number of phosphoric ester groups is 2. The zero-order valence-corrected chi connectivity index (χ0v) is 65.3. The van der Waals surface area contributed by atoms with E-state index in [1.165, 1.54) is 64.2 Å². The molecule has 102 heavy (non-hydrogen) atoms. The van der Waals surface area contributed by atoms with Crippen molar-refractivity contribution >= 4 is 39.5 Å². The largest absolute Gasteiger partial charge is 0.472 e. The van der Waals surface area contributed by atoms with Gasteiger partial charge in [-0.05, 0) is 122 Å². The number of carbonyl (C=O) groups is 4. The van der Waals surface area contributed by atoms with Crippen LogP contribution in [0.4, 0.5) is 0 Å². The van der Waals surface area contributed by atoms with Crippen molar-refractivity contribution in [3.63, 3.8) is 0 Å². The average Bonchev–Trinajstić information content (AvgIpc) is 0.926. The van der Waals surface area contributed by atoms with Gasteiger partial charge in [0.25, 0.3) is 0 Å². The molecular weight excluding hydrogens is 1330 g/mol. The fourth-order valence-electron chi connectivity index (χ4n) is 10.0. The number of aliphatic hydroxyl groups excluding tert-OH is 1. The number of phosphoric acid groups is 2. The quantitative estimate of drug-likeness (QED) is 0.0169. The molecule has 5 atom stereocenters. The van der Waals surface area contributed by atoms with Gasteiger partial charge in [-0.3, -0.25) is 37.3 Å². The fourth-order valence-corrected chi connectivity index (χ4v) is 11.6. The summed E-state index contributed by atoms with van der Waals surface area (Å²) in [6, 6.07) is 0. The predicted octanol–water partition coefficient (Wildman–Crippen LogP) is 22.7. The van der Waals surface area contributed by atoms with Crippen LogP contribution in [0, 0.1) is 0 Å². The molecule has 0 aromatic carbocycles. The van der Waals surface area contributed by atoms with Gasteiger partial charge in [-0.2, -0.15) is 0 Å². The standard InChI is InChI=1S/C83H138O17P2/c1-5-9-13-17-21-25-29-33-37-38-42-44-48-52-56-60-64-68-81(86)94-74-79(100-83(88)70-66-62-58-54-50-46-41-36-32-28-24-20-16-12-8-4)76-98-102(91,92)96-72-77(84)71-95-101(89,90)97-75-78(99-82(87)69-65-61-57-53-49-45-40-35-31-27-23-19-15-11-7-3)73-93-80(85)67-63-59-55-51-47-43-39-34-30-26-22-18-14-10-6-2/h9-10,12-14,16,21-22,24-26,28,33-34,36-37,39,41,47,50-51,54,59,63,77-79,84H,5-8,11,15,17-20,23,27,29-32,35,38,40,42-46,48-49,52-53,55-58,60-62,64-76H2,1-4H3,(H,89,90)(H,91,92)/b13-9-,14-10-,16-12-,25-21-,26-22-,28-24-,37-33-,39-34-,41-36-,51-47-,54-50-,63-59-. The molecule has 0 bridgehead atoms. The van der Waals surface area contributed by atoms with Gasteiger partial charge in [0, 0.05) is 19.3 Å². The molecule has 3 N–H and O–H groups in total. The Morgan fingerprint density at radius 1 is 0.294 bits per heavy atom. The minimum absolute atomic E-state index is 0.0346. The van der Waals surface area contributed by atoms with Crippen molar-refractivity contribution in [1.82, 2.24) is 0 Å². The fraction of sp³-hybridized carbons (Fsp3) is 0.663. The highest BCUT2D eigenvalue weighted by molar-refractivity contribution is 7.47. The minimum Gasteiger partial charge on any atom is -0.462 e. The summed E-state index contributed by atoms with van der Waals surface area (Å²) in [6.45, 7) is 4.37. The smallest absolute Gasteiger partial charge is 0.462 e. The maximum atomic E-state index is 13.1. The predicted molar refractivity (Wildman–Crippen MR) is 417 cm³/mol. The number of esters is 4. The highest BCUT2D eigenvalue weighted by Gasteiger charge is 2.30. The number of allylic oxidation sites excluding steroid dienone is 23. The molecule has 0 aromatic heterocycles. The Balaban J connectivity index is 5.46. The van der Waals surface area contributed by atoms with Crippen LogP contribution in [-0.4, -0.2) is 96.7 Å². The van der Waals surface area contributed by atoms with E-state index in [0.717, 1.165) is 148 Å². The molecule has 0 saturated heterocycles. The van der Waals surface area contributed by atoms with Crippen LogP contribution in [0.2, 0.25) is 0 Å². The molecule has 0 aliphatic rings. The van der Waals surface area contributed by atoms with Crippen molar-refractivity contribution < 1.29 is 80.2 Å². The van der Waals surface area contributed by atoms with Gasteiger partial charge in [-0.25, -0.2) is 9.13 Å². The Morgan fingerprint density at radius 2 is 0.549 bits per heavy atom. The van der Waals surface area contributed by atoms with Crippen LogP contribution < -0.4 is 0 Å². The number of aliphatic hydroxyl groups is 1. The van der Waals surface area contributed by atoms with Crippen molar-refractivity contribution in [2.75, 3.05) is 39.6 Å². The van der Waals surface area contributed by atoms with Gasteiger partial charge in [0.2, 0.25) is 0 Å². The Morgan fingerprint density at radius 3 is 0.892 bits per heavy atom. The van der Waals surface area contributed by atoms with E-state index in [-0.39, 0.29) is 25.7 Å². The lowest BCUT2D eigenvalue weighted by Crippen LogP contribution is -2.30. The van der Waals surface area contributed by atoms with Crippen LogP contribution in [0.3, 0.4) is 0 Å². The summed E-state index contributed by atoms with van der Waals surface area (Å²) in [5.41, 5.74) is 0. The van der Waals surface area contributed by atoms with Gasteiger partial charge in [-0.1, -0.05) is 296 Å². The van der Waals surface area contributed by atoms with Crippen molar-refractivity contribution in [1.29, 1.82) is 0 Å². The van der Waals surface area contributed by atoms with Crippen LogP contribution >= 0.6 is 15.6 Å². The van der Waals surface area contributed by atoms with E-state index < -0.39 is 97.5 Å². The second-order valence-electron chi connectivity index (χ2n) is 25.5. The lowest BCUT2D eigenvalue weighted by molar-refractivity contribution is -0.161. The first-order chi connectivity index (χ1) is 49.7. The van der Waals surface area contributed by atoms with Gasteiger partial charge in [0.05, 0.1) is 32.8 Å². The van der Waals surface area contributed by atoms with Crippen molar-refractivity contribution in [2.45, 2.75) is 316 Å². The molecule has 582 valence electrons. The van der Waals surface area contributed by atoms with Gasteiger partial charge >= 0.3 is 39.5 Å². The first-order valence-corrected chi connectivity index (χ1v) is 42.1. The number of rotatable bonds is 72. The number of unbranched alkanes of at least 4 members (excludes halogenated alkanes) is 23. The van der Waals surface area contributed by atoms with E-state index in [1.54, 1.807) is 6.08 Å². The maximum absolute atomic E-state index is 13.1. The zero-order chi connectivity index (χ0) is 74.6. The number of hydrogen-bond donors (Lipinski definition) is 3. The Labute approximate surface area is 617 Å². The molecule has 17 nitrogen and oxygen atoms in total. The maximum Gasteiger partial charge on any atom is 0.472 e. The van der Waals surface area contributed by atoms with Gasteiger partial charge in [0.1, 0.15) is 19.3 Å². The van der Waals surface area contributed by atoms with Crippen LogP contribution in [-0.2, 0) is 65.4 Å². The summed E-state index contributed by atoms with van der Waals surface area (Å²) >= 11 is 0. The SMILES string of the molecule is CC/C=C\C/C=C\C/C=C\C/C=C\C/C=C\CC(=O)OCC(COP(=O)(O)OCC(O)COP(=O)(O)OCC(COC(=O)CCCCCCCCC/C=C\C/C=C\C/C=C\CC)OC(=O)CCCC/C=C\C/C=C\C/C=C\C/C=C\CC)OC(=O)CCCCCCCCCCCCCCCCC. The topological polar surface area (TPSA) is 237 Å². The lowest BCUT2D eigenvalue weighted by Gasteiger charge is -2.21. The molecule has 0 aromatic rings. The molecule has 0 fully saturated rings. The Kier molecular flexibility index (Phi) is 70.5. The van der Waals surface area contributed by atoms with E-state index in [0.29, 0.717) is 32.1 Å². The molecule has 0 aliphatic heterocycles. The summed E-state index contributed by atoms with van der Waals surface area (Å²) in [7, 11) is -10.0. The summed E-state index contributed by atoms with van der Waals surface area (Å²) in [4.78, 5) is 72.9. The van der Waals surface area contributed by atoms with Crippen molar-refractivity contribution in [3.05, 3.63) is 146 Å². The summed E-state index contributed by atoms with van der Waals surface area (Å²) in [6.07, 6.45) is 84.4. The summed E-state index contributed by atoms with van der Waals surface area (Å²) < 4.78 is 68.4. The number of ether oxygens (including phenoxy) is 4. The van der Waals surface area contributed by atoms with E-state index in [4.69, 9.17) is 37.0 Å². The third-order valence-corrected chi connectivity index (χ3v) is 17.7.